The normalized spacial score (nSPS) is 13.0. The van der Waals surface area contributed by atoms with Gasteiger partial charge in [0.15, 0.2) is 0 Å². The highest BCUT2D eigenvalue weighted by atomic mass is 35.5. The molecule has 132 valence electrons. The number of rotatable bonds is 5. The lowest BCUT2D eigenvalue weighted by Crippen LogP contribution is -2.24. The van der Waals surface area contributed by atoms with E-state index in [2.05, 4.69) is 5.32 Å². The lowest BCUT2D eigenvalue weighted by atomic mass is 10.1. The Morgan fingerprint density at radius 3 is 2.20 bits per heavy atom. The molecule has 25 heavy (non-hydrogen) atoms. The number of amides is 1. The van der Waals surface area contributed by atoms with E-state index in [1.165, 1.54) is 24.3 Å². The Kier molecular flexibility index (Phi) is 6.24. The van der Waals surface area contributed by atoms with Crippen LogP contribution in [0, 0.1) is 0 Å². The molecule has 5 nitrogen and oxygen atoms in total. The van der Waals surface area contributed by atoms with Gasteiger partial charge in [-0.05, 0) is 42.8 Å². The summed E-state index contributed by atoms with van der Waals surface area (Å²) in [5, 5.41) is 8.72. The van der Waals surface area contributed by atoms with E-state index >= 15 is 0 Å². The maximum atomic E-state index is 12.0. The lowest BCUT2D eigenvalue weighted by Gasteiger charge is -2.13. The summed E-state index contributed by atoms with van der Waals surface area (Å²) in [5.74, 6) is -0.334. The van der Waals surface area contributed by atoms with Gasteiger partial charge in [0.2, 0.25) is 15.9 Å². The predicted molar refractivity (Wildman–Crippen MR) is 99.9 cm³/mol. The number of carbonyl (C=O) groups is 1. The van der Waals surface area contributed by atoms with E-state index in [4.69, 9.17) is 28.3 Å². The topological polar surface area (TPSA) is 89.3 Å². The number of hydrogen-bond acceptors (Lipinski definition) is 3. The maximum Gasteiger partial charge on any atom is 0.244 e. The van der Waals surface area contributed by atoms with Gasteiger partial charge in [-0.1, -0.05) is 41.4 Å². The van der Waals surface area contributed by atoms with E-state index in [1.807, 2.05) is 0 Å². The first-order chi connectivity index (χ1) is 11.7. The summed E-state index contributed by atoms with van der Waals surface area (Å²) in [7, 11) is -3.74. The van der Waals surface area contributed by atoms with Crippen molar-refractivity contribution in [3.63, 3.8) is 0 Å². The Hall–Kier alpha value is -1.86. The van der Waals surface area contributed by atoms with Crippen LogP contribution in [0.4, 0.5) is 0 Å². The number of primary sulfonamides is 1. The number of sulfonamides is 1. The molecule has 0 aromatic heterocycles. The number of benzene rings is 2. The molecular formula is C17H16Cl2N2O3S. The highest BCUT2D eigenvalue weighted by molar-refractivity contribution is 7.89. The Labute approximate surface area is 156 Å². The number of nitrogens with two attached hydrogens (primary N) is 1. The van der Waals surface area contributed by atoms with Crippen molar-refractivity contribution in [2.75, 3.05) is 0 Å². The summed E-state index contributed by atoms with van der Waals surface area (Å²) < 4.78 is 22.5. The summed E-state index contributed by atoms with van der Waals surface area (Å²) in [6.07, 6.45) is 2.87. The molecule has 2 aromatic carbocycles. The standard InChI is InChI=1S/C17H16Cl2N2O3S/c1-11(12-5-7-13(8-6-12)25(20,23)24)21-17(22)10-9-14-15(18)3-2-4-16(14)19/h2-11H,1H3,(H,21,22)(H2,20,23,24)/b10-9+. The van der Waals surface area contributed by atoms with E-state index < -0.39 is 10.0 Å². The van der Waals surface area contributed by atoms with Gasteiger partial charge in [0.1, 0.15) is 0 Å². The van der Waals surface area contributed by atoms with Crippen LogP contribution in [-0.2, 0) is 14.8 Å². The SMILES string of the molecule is CC(NC(=O)/C=C/c1c(Cl)cccc1Cl)c1ccc(S(N)(=O)=O)cc1. The summed E-state index contributed by atoms with van der Waals surface area (Å²) in [4.78, 5) is 12.1. The molecule has 1 atom stereocenters. The third kappa shape index (κ3) is 5.31. The lowest BCUT2D eigenvalue weighted by molar-refractivity contribution is -0.117. The fourth-order valence-electron chi connectivity index (χ4n) is 2.12. The van der Waals surface area contributed by atoms with E-state index in [-0.39, 0.29) is 16.8 Å². The zero-order valence-electron chi connectivity index (χ0n) is 13.2. The zero-order valence-corrected chi connectivity index (χ0v) is 15.6. The Morgan fingerprint density at radius 1 is 1.12 bits per heavy atom. The third-order valence-corrected chi connectivity index (χ3v) is 5.06. The molecule has 3 N–H and O–H groups in total. The molecule has 0 aliphatic carbocycles. The maximum absolute atomic E-state index is 12.0. The number of hydrogen-bond donors (Lipinski definition) is 2. The molecule has 0 heterocycles. The van der Waals surface area contributed by atoms with Crippen LogP contribution in [0.25, 0.3) is 6.08 Å². The monoisotopic (exact) mass is 398 g/mol. The molecule has 0 fully saturated rings. The summed E-state index contributed by atoms with van der Waals surface area (Å²) in [5.41, 5.74) is 1.30. The first kappa shape index (κ1) is 19.5. The molecule has 0 aliphatic rings. The minimum Gasteiger partial charge on any atom is -0.346 e. The highest BCUT2D eigenvalue weighted by Crippen LogP contribution is 2.25. The van der Waals surface area contributed by atoms with Gasteiger partial charge in [0.05, 0.1) is 10.9 Å². The van der Waals surface area contributed by atoms with Crippen LogP contribution < -0.4 is 10.5 Å². The molecule has 1 amide bonds. The smallest absolute Gasteiger partial charge is 0.244 e. The first-order valence-corrected chi connectivity index (χ1v) is 9.54. The number of halogens is 2. The Balaban J connectivity index is 2.06. The predicted octanol–water partition coefficient (Wildman–Crippen LogP) is 3.53. The fourth-order valence-corrected chi connectivity index (χ4v) is 3.16. The van der Waals surface area contributed by atoms with Gasteiger partial charge in [-0.3, -0.25) is 4.79 Å². The second kappa shape index (κ2) is 8.01. The minimum absolute atomic E-state index is 0.0167. The average Bonchev–Trinajstić information content (AvgIpc) is 2.53. The second-order valence-electron chi connectivity index (χ2n) is 5.31. The van der Waals surface area contributed by atoms with Crippen LogP contribution in [0.3, 0.4) is 0 Å². The molecule has 0 bridgehead atoms. The largest absolute Gasteiger partial charge is 0.346 e. The van der Waals surface area contributed by atoms with Crippen LogP contribution in [0.5, 0.6) is 0 Å². The van der Waals surface area contributed by atoms with Crippen molar-refractivity contribution in [2.45, 2.75) is 17.9 Å². The molecular weight excluding hydrogens is 383 g/mol. The highest BCUT2D eigenvalue weighted by Gasteiger charge is 2.11. The van der Waals surface area contributed by atoms with Gasteiger partial charge in [-0.2, -0.15) is 0 Å². The molecule has 0 aliphatic heterocycles. The number of carbonyl (C=O) groups excluding carboxylic acids is 1. The van der Waals surface area contributed by atoms with Crippen molar-refractivity contribution >= 4 is 45.2 Å². The van der Waals surface area contributed by atoms with E-state index in [9.17, 15) is 13.2 Å². The Morgan fingerprint density at radius 2 is 1.68 bits per heavy atom. The van der Waals surface area contributed by atoms with Crippen molar-refractivity contribution in [1.29, 1.82) is 0 Å². The van der Waals surface area contributed by atoms with Crippen molar-refractivity contribution in [3.8, 4) is 0 Å². The van der Waals surface area contributed by atoms with Gasteiger partial charge in [-0.25, -0.2) is 13.6 Å². The van der Waals surface area contributed by atoms with Gasteiger partial charge in [-0.15, -0.1) is 0 Å². The molecule has 1 unspecified atom stereocenters. The number of nitrogens with one attached hydrogen (secondary N) is 1. The molecule has 0 saturated carbocycles. The summed E-state index contributed by atoms with van der Waals surface area (Å²) in [6.45, 7) is 1.78. The minimum atomic E-state index is -3.74. The van der Waals surface area contributed by atoms with Crippen molar-refractivity contribution in [1.82, 2.24) is 5.32 Å². The van der Waals surface area contributed by atoms with Crippen molar-refractivity contribution < 1.29 is 13.2 Å². The van der Waals surface area contributed by atoms with Crippen molar-refractivity contribution in [3.05, 3.63) is 69.7 Å². The second-order valence-corrected chi connectivity index (χ2v) is 7.69. The van der Waals surface area contributed by atoms with Gasteiger partial charge < -0.3 is 5.32 Å². The Bertz CT molecular complexity index is 890. The van der Waals surface area contributed by atoms with Gasteiger partial charge in [0.25, 0.3) is 0 Å². The molecule has 0 saturated heterocycles. The quantitative estimate of drug-likeness (QED) is 0.754. The average molecular weight is 399 g/mol. The van der Waals surface area contributed by atoms with Crippen LogP contribution in [0.1, 0.15) is 24.1 Å². The van der Waals surface area contributed by atoms with Crippen LogP contribution in [0.15, 0.2) is 53.4 Å². The molecule has 0 spiro atoms. The third-order valence-electron chi connectivity index (χ3n) is 3.47. The van der Waals surface area contributed by atoms with Gasteiger partial charge in [0, 0.05) is 21.7 Å². The van der Waals surface area contributed by atoms with Crippen LogP contribution >= 0.6 is 23.2 Å². The summed E-state index contributed by atoms with van der Waals surface area (Å²) in [6, 6.07) is 10.7. The molecule has 0 radical (unpaired) electrons. The van der Waals surface area contributed by atoms with Crippen molar-refractivity contribution in [2.24, 2.45) is 5.14 Å². The fraction of sp³-hybridized carbons (Fsp3) is 0.118. The van der Waals surface area contributed by atoms with E-state index in [1.54, 1.807) is 37.3 Å². The molecule has 2 rings (SSSR count). The summed E-state index contributed by atoms with van der Waals surface area (Å²) >= 11 is 12.1. The molecule has 8 heteroatoms. The van der Waals surface area contributed by atoms with Gasteiger partial charge >= 0.3 is 0 Å². The zero-order chi connectivity index (χ0) is 18.6. The van der Waals surface area contributed by atoms with E-state index in [0.29, 0.717) is 15.6 Å². The van der Waals surface area contributed by atoms with Crippen LogP contribution in [-0.4, -0.2) is 14.3 Å². The first-order valence-electron chi connectivity index (χ1n) is 7.24. The van der Waals surface area contributed by atoms with E-state index in [0.717, 1.165) is 5.56 Å². The molecule has 2 aromatic rings. The van der Waals surface area contributed by atoms with Crippen LogP contribution in [0.2, 0.25) is 10.0 Å².